The Bertz CT molecular complexity index is 1010. The van der Waals surface area contributed by atoms with Gasteiger partial charge in [0.2, 0.25) is 5.91 Å². The number of fused-ring (bicyclic) bond motifs is 1. The number of H-pyrrole nitrogens is 1. The van der Waals surface area contributed by atoms with Crippen LogP contribution in [-0.4, -0.2) is 43.4 Å². The second-order valence-corrected chi connectivity index (χ2v) is 6.46. The molecule has 26 heavy (non-hydrogen) atoms. The normalized spacial score (nSPS) is 17.6. The Kier molecular flexibility index (Phi) is 4.24. The maximum absolute atomic E-state index is 13.8. The SMILES string of the molecule is O=C(Cc1ccccc1F)N1CCCC(n2c(=O)[nH]c3cncnc32)C1. The van der Waals surface area contributed by atoms with Crippen LogP contribution in [0.15, 0.2) is 41.6 Å². The third-order valence-electron chi connectivity index (χ3n) is 4.79. The summed E-state index contributed by atoms with van der Waals surface area (Å²) in [5.74, 6) is -0.513. The largest absolute Gasteiger partial charge is 0.340 e. The van der Waals surface area contributed by atoms with Crippen LogP contribution >= 0.6 is 0 Å². The van der Waals surface area contributed by atoms with Gasteiger partial charge in [0, 0.05) is 13.1 Å². The number of aromatic nitrogens is 4. The Labute approximate surface area is 148 Å². The van der Waals surface area contributed by atoms with Gasteiger partial charge in [-0.05, 0) is 24.5 Å². The predicted octanol–water partition coefficient (Wildman–Crippen LogP) is 1.66. The quantitative estimate of drug-likeness (QED) is 0.775. The number of nitrogens with one attached hydrogen (secondary N) is 1. The second-order valence-electron chi connectivity index (χ2n) is 6.46. The summed E-state index contributed by atoms with van der Waals surface area (Å²) in [5.41, 5.74) is 1.25. The van der Waals surface area contributed by atoms with Gasteiger partial charge in [-0.3, -0.25) is 9.36 Å². The Morgan fingerprint density at radius 2 is 2.19 bits per heavy atom. The van der Waals surface area contributed by atoms with Crippen molar-refractivity contribution in [2.24, 2.45) is 0 Å². The summed E-state index contributed by atoms with van der Waals surface area (Å²) in [6.07, 6.45) is 4.53. The van der Waals surface area contributed by atoms with E-state index in [4.69, 9.17) is 0 Å². The lowest BCUT2D eigenvalue weighted by Crippen LogP contribution is -2.43. The van der Waals surface area contributed by atoms with Crippen molar-refractivity contribution in [2.75, 3.05) is 13.1 Å². The van der Waals surface area contributed by atoms with Gasteiger partial charge >= 0.3 is 5.69 Å². The number of nitrogens with zero attached hydrogens (tertiary/aromatic N) is 4. The van der Waals surface area contributed by atoms with Gasteiger partial charge in [0.1, 0.15) is 17.7 Å². The number of likely N-dealkylation sites (tertiary alicyclic amines) is 1. The Morgan fingerprint density at radius 1 is 1.35 bits per heavy atom. The molecular weight excluding hydrogens is 337 g/mol. The molecule has 1 aliphatic rings. The molecule has 8 heteroatoms. The number of imidazole rings is 1. The Hall–Kier alpha value is -3.03. The summed E-state index contributed by atoms with van der Waals surface area (Å²) in [6.45, 7) is 1.01. The molecule has 1 amide bonds. The highest BCUT2D eigenvalue weighted by molar-refractivity contribution is 5.79. The summed E-state index contributed by atoms with van der Waals surface area (Å²) in [5, 5.41) is 0. The van der Waals surface area contributed by atoms with Crippen molar-refractivity contribution < 1.29 is 9.18 Å². The lowest BCUT2D eigenvalue weighted by molar-refractivity contribution is -0.132. The van der Waals surface area contributed by atoms with Crippen molar-refractivity contribution in [3.8, 4) is 0 Å². The topological polar surface area (TPSA) is 83.9 Å². The van der Waals surface area contributed by atoms with Crippen LogP contribution in [0.2, 0.25) is 0 Å². The van der Waals surface area contributed by atoms with Crippen LogP contribution in [0, 0.1) is 5.82 Å². The first kappa shape index (κ1) is 16.4. The molecule has 0 aliphatic carbocycles. The number of aromatic amines is 1. The number of amides is 1. The minimum Gasteiger partial charge on any atom is -0.340 e. The van der Waals surface area contributed by atoms with Crippen LogP contribution in [-0.2, 0) is 11.2 Å². The lowest BCUT2D eigenvalue weighted by atomic mass is 10.0. The van der Waals surface area contributed by atoms with Crippen LogP contribution in [0.25, 0.3) is 11.2 Å². The molecule has 1 saturated heterocycles. The van der Waals surface area contributed by atoms with E-state index in [1.165, 1.54) is 12.4 Å². The molecule has 1 unspecified atom stereocenters. The maximum Gasteiger partial charge on any atom is 0.328 e. The van der Waals surface area contributed by atoms with Gasteiger partial charge < -0.3 is 9.88 Å². The van der Waals surface area contributed by atoms with Gasteiger partial charge in [-0.1, -0.05) is 18.2 Å². The van der Waals surface area contributed by atoms with E-state index in [1.807, 2.05) is 0 Å². The first-order valence-electron chi connectivity index (χ1n) is 8.55. The van der Waals surface area contributed by atoms with Crippen molar-refractivity contribution in [1.82, 2.24) is 24.4 Å². The molecule has 1 aromatic carbocycles. The number of hydrogen-bond donors (Lipinski definition) is 1. The summed E-state index contributed by atoms with van der Waals surface area (Å²) in [4.78, 5) is 37.5. The van der Waals surface area contributed by atoms with Gasteiger partial charge in [0.25, 0.3) is 0 Å². The zero-order valence-corrected chi connectivity index (χ0v) is 14.1. The Balaban J connectivity index is 1.56. The molecule has 0 saturated carbocycles. The third kappa shape index (κ3) is 2.98. The molecular formula is C18H18FN5O2. The molecule has 2 aromatic heterocycles. The average Bonchev–Trinajstić information content (AvgIpc) is 2.99. The van der Waals surface area contributed by atoms with Gasteiger partial charge in [-0.15, -0.1) is 0 Å². The highest BCUT2D eigenvalue weighted by Crippen LogP contribution is 2.23. The van der Waals surface area contributed by atoms with Gasteiger partial charge in [0.05, 0.1) is 18.7 Å². The summed E-state index contributed by atoms with van der Waals surface area (Å²) >= 11 is 0. The van der Waals surface area contributed by atoms with E-state index in [0.29, 0.717) is 29.8 Å². The van der Waals surface area contributed by atoms with E-state index in [0.717, 1.165) is 12.8 Å². The number of hydrogen-bond acceptors (Lipinski definition) is 4. The van der Waals surface area contributed by atoms with E-state index in [2.05, 4.69) is 15.0 Å². The highest BCUT2D eigenvalue weighted by atomic mass is 19.1. The van der Waals surface area contributed by atoms with Gasteiger partial charge in [-0.25, -0.2) is 19.2 Å². The van der Waals surface area contributed by atoms with Crippen LogP contribution < -0.4 is 5.69 Å². The molecule has 3 aromatic rings. The maximum atomic E-state index is 13.8. The van der Waals surface area contributed by atoms with E-state index in [-0.39, 0.29) is 29.9 Å². The minimum absolute atomic E-state index is 0.0182. The molecule has 7 nitrogen and oxygen atoms in total. The molecule has 1 fully saturated rings. The molecule has 1 atom stereocenters. The number of carbonyl (C=O) groups excluding carboxylic acids is 1. The van der Waals surface area contributed by atoms with Gasteiger partial charge in [0.15, 0.2) is 5.65 Å². The first-order chi connectivity index (χ1) is 12.6. The monoisotopic (exact) mass is 355 g/mol. The molecule has 1 N–H and O–H groups in total. The van der Waals surface area contributed by atoms with Crippen LogP contribution in [0.4, 0.5) is 4.39 Å². The molecule has 0 bridgehead atoms. The molecule has 0 radical (unpaired) electrons. The number of halogens is 1. The third-order valence-corrected chi connectivity index (χ3v) is 4.79. The van der Waals surface area contributed by atoms with Crippen LogP contribution in [0.3, 0.4) is 0 Å². The van der Waals surface area contributed by atoms with Gasteiger partial charge in [-0.2, -0.15) is 0 Å². The summed E-state index contributed by atoms with van der Waals surface area (Å²) < 4.78 is 15.4. The van der Waals surface area contributed by atoms with E-state index in [1.54, 1.807) is 33.9 Å². The lowest BCUT2D eigenvalue weighted by Gasteiger charge is -2.33. The number of benzene rings is 1. The van der Waals surface area contributed by atoms with Crippen LogP contribution in [0.5, 0.6) is 0 Å². The zero-order chi connectivity index (χ0) is 18.1. The van der Waals surface area contributed by atoms with Crippen molar-refractivity contribution in [2.45, 2.75) is 25.3 Å². The fourth-order valence-corrected chi connectivity index (χ4v) is 3.52. The predicted molar refractivity (Wildman–Crippen MR) is 93.1 cm³/mol. The van der Waals surface area contributed by atoms with Crippen molar-refractivity contribution >= 4 is 17.1 Å². The van der Waals surface area contributed by atoms with E-state index >= 15 is 0 Å². The average molecular weight is 355 g/mol. The number of rotatable bonds is 3. The minimum atomic E-state index is -0.376. The molecule has 134 valence electrons. The summed E-state index contributed by atoms with van der Waals surface area (Å²) in [6, 6.07) is 6.13. The standard InChI is InChI=1S/C18H18FN5O2/c19-14-6-2-1-4-12(14)8-16(25)23-7-3-5-13(10-23)24-17-15(22-18(24)26)9-20-11-21-17/h1-2,4,6,9,11,13H,3,5,7-8,10H2,(H,22,26). The highest BCUT2D eigenvalue weighted by Gasteiger charge is 2.27. The van der Waals surface area contributed by atoms with E-state index < -0.39 is 0 Å². The fourth-order valence-electron chi connectivity index (χ4n) is 3.52. The van der Waals surface area contributed by atoms with Crippen molar-refractivity contribution in [3.05, 3.63) is 58.7 Å². The van der Waals surface area contributed by atoms with Crippen molar-refractivity contribution in [1.29, 1.82) is 0 Å². The molecule has 0 spiro atoms. The molecule has 4 rings (SSSR count). The second kappa shape index (κ2) is 6.70. The Morgan fingerprint density at radius 3 is 3.04 bits per heavy atom. The molecule has 1 aliphatic heterocycles. The number of carbonyl (C=O) groups is 1. The first-order valence-corrected chi connectivity index (χ1v) is 8.55. The van der Waals surface area contributed by atoms with E-state index in [9.17, 15) is 14.0 Å². The van der Waals surface area contributed by atoms with Crippen molar-refractivity contribution in [3.63, 3.8) is 0 Å². The zero-order valence-electron chi connectivity index (χ0n) is 14.1. The fraction of sp³-hybridized carbons (Fsp3) is 0.333. The summed E-state index contributed by atoms with van der Waals surface area (Å²) in [7, 11) is 0. The number of piperidine rings is 1. The smallest absolute Gasteiger partial charge is 0.328 e. The molecule has 3 heterocycles. The van der Waals surface area contributed by atoms with Crippen LogP contribution in [0.1, 0.15) is 24.4 Å².